The fourth-order valence-corrected chi connectivity index (χ4v) is 3.75. The summed E-state index contributed by atoms with van der Waals surface area (Å²) in [5.41, 5.74) is 3.69. The number of hydrogen-bond acceptors (Lipinski definition) is 4. The SMILES string of the molecule is COCCN1CC[C@H](C(=O)N(C)Cc2n[nH]c3c2CCCC3)C1. The largest absolute Gasteiger partial charge is 0.383 e. The number of amides is 1. The summed E-state index contributed by atoms with van der Waals surface area (Å²) in [5, 5.41) is 7.62. The number of carbonyl (C=O) groups excluding carboxylic acids is 1. The van der Waals surface area contributed by atoms with Gasteiger partial charge in [-0.1, -0.05) is 0 Å². The lowest BCUT2D eigenvalue weighted by Gasteiger charge is -2.22. The molecular formula is C17H28N4O2. The van der Waals surface area contributed by atoms with Crippen molar-refractivity contribution in [2.45, 2.75) is 38.6 Å². The summed E-state index contributed by atoms with van der Waals surface area (Å²) in [6.07, 6.45) is 5.61. The van der Waals surface area contributed by atoms with Crippen LogP contribution in [0, 0.1) is 5.92 Å². The first-order valence-corrected chi connectivity index (χ1v) is 8.70. The van der Waals surface area contributed by atoms with Crippen molar-refractivity contribution in [2.24, 2.45) is 5.92 Å². The van der Waals surface area contributed by atoms with Crippen LogP contribution >= 0.6 is 0 Å². The number of aromatic nitrogens is 2. The van der Waals surface area contributed by atoms with E-state index in [-0.39, 0.29) is 11.8 Å². The van der Waals surface area contributed by atoms with Gasteiger partial charge < -0.3 is 14.5 Å². The maximum Gasteiger partial charge on any atom is 0.227 e. The van der Waals surface area contributed by atoms with E-state index in [0.717, 1.165) is 51.2 Å². The number of fused-ring (bicyclic) bond motifs is 1. The highest BCUT2D eigenvalue weighted by Gasteiger charge is 2.30. The molecule has 1 N–H and O–H groups in total. The topological polar surface area (TPSA) is 61.5 Å². The molecule has 1 amide bonds. The van der Waals surface area contributed by atoms with Crippen molar-refractivity contribution in [1.29, 1.82) is 0 Å². The van der Waals surface area contributed by atoms with Crippen molar-refractivity contribution in [3.05, 3.63) is 17.0 Å². The van der Waals surface area contributed by atoms with Gasteiger partial charge in [-0.25, -0.2) is 0 Å². The summed E-state index contributed by atoms with van der Waals surface area (Å²) in [6.45, 7) is 4.11. The second kappa shape index (κ2) is 7.45. The van der Waals surface area contributed by atoms with Crippen LogP contribution in [-0.2, 0) is 28.9 Å². The number of rotatable bonds is 6. The zero-order valence-corrected chi connectivity index (χ0v) is 14.3. The van der Waals surface area contributed by atoms with Crippen LogP contribution in [0.4, 0.5) is 0 Å². The molecule has 0 unspecified atom stereocenters. The highest BCUT2D eigenvalue weighted by Crippen LogP contribution is 2.24. The molecule has 2 aliphatic rings. The lowest BCUT2D eigenvalue weighted by Crippen LogP contribution is -2.35. The molecule has 0 aromatic carbocycles. The van der Waals surface area contributed by atoms with Crippen molar-refractivity contribution in [3.63, 3.8) is 0 Å². The van der Waals surface area contributed by atoms with Crippen molar-refractivity contribution in [1.82, 2.24) is 20.0 Å². The number of nitrogens with zero attached hydrogens (tertiary/aromatic N) is 3. The number of likely N-dealkylation sites (tertiary alicyclic amines) is 1. The first-order valence-electron chi connectivity index (χ1n) is 8.70. The molecule has 6 heteroatoms. The van der Waals surface area contributed by atoms with E-state index in [9.17, 15) is 4.79 Å². The molecule has 1 atom stereocenters. The zero-order chi connectivity index (χ0) is 16.2. The van der Waals surface area contributed by atoms with Gasteiger partial charge in [0.2, 0.25) is 5.91 Å². The predicted molar refractivity (Wildman–Crippen MR) is 88.1 cm³/mol. The van der Waals surface area contributed by atoms with E-state index in [0.29, 0.717) is 6.54 Å². The third-order valence-electron chi connectivity index (χ3n) is 5.14. The quantitative estimate of drug-likeness (QED) is 0.856. The fourth-order valence-electron chi connectivity index (χ4n) is 3.75. The molecule has 1 aromatic rings. The summed E-state index contributed by atoms with van der Waals surface area (Å²) in [6, 6.07) is 0. The Morgan fingerprint density at radius 2 is 2.26 bits per heavy atom. The number of ether oxygens (including phenoxy) is 1. The lowest BCUT2D eigenvalue weighted by atomic mass is 9.96. The molecule has 128 valence electrons. The highest BCUT2D eigenvalue weighted by atomic mass is 16.5. The van der Waals surface area contributed by atoms with Gasteiger partial charge in [-0.15, -0.1) is 0 Å². The van der Waals surface area contributed by atoms with Crippen molar-refractivity contribution in [3.8, 4) is 0 Å². The van der Waals surface area contributed by atoms with Gasteiger partial charge in [-0.3, -0.25) is 9.89 Å². The number of nitrogens with one attached hydrogen (secondary N) is 1. The molecule has 1 aliphatic heterocycles. The second-order valence-electron chi connectivity index (χ2n) is 6.81. The first kappa shape index (κ1) is 16.5. The maximum absolute atomic E-state index is 12.7. The molecule has 6 nitrogen and oxygen atoms in total. The van der Waals surface area contributed by atoms with E-state index in [1.165, 1.54) is 24.1 Å². The van der Waals surface area contributed by atoms with Crippen LogP contribution in [0.25, 0.3) is 0 Å². The Labute approximate surface area is 138 Å². The minimum Gasteiger partial charge on any atom is -0.383 e. The molecule has 1 aromatic heterocycles. The third kappa shape index (κ3) is 3.75. The van der Waals surface area contributed by atoms with E-state index in [1.807, 2.05) is 11.9 Å². The molecule has 1 saturated heterocycles. The van der Waals surface area contributed by atoms with E-state index in [1.54, 1.807) is 7.11 Å². The highest BCUT2D eigenvalue weighted by molar-refractivity contribution is 5.79. The van der Waals surface area contributed by atoms with Gasteiger partial charge in [0.25, 0.3) is 0 Å². The number of carbonyl (C=O) groups is 1. The number of H-pyrrole nitrogens is 1. The maximum atomic E-state index is 12.7. The Hall–Kier alpha value is -1.40. The van der Waals surface area contributed by atoms with Gasteiger partial charge in [0.15, 0.2) is 0 Å². The summed E-state index contributed by atoms with van der Waals surface area (Å²) in [7, 11) is 3.63. The number of methoxy groups -OCH3 is 1. The Morgan fingerprint density at radius 1 is 1.43 bits per heavy atom. The Balaban J connectivity index is 1.55. The Bertz CT molecular complexity index is 543. The van der Waals surface area contributed by atoms with Gasteiger partial charge in [0, 0.05) is 32.9 Å². The minimum atomic E-state index is 0.117. The van der Waals surface area contributed by atoms with Crippen LogP contribution in [0.5, 0.6) is 0 Å². The molecule has 0 saturated carbocycles. The molecule has 3 rings (SSSR count). The summed E-state index contributed by atoms with van der Waals surface area (Å²) in [5.74, 6) is 0.365. The van der Waals surface area contributed by atoms with Gasteiger partial charge >= 0.3 is 0 Å². The summed E-state index contributed by atoms with van der Waals surface area (Å²) < 4.78 is 5.12. The van der Waals surface area contributed by atoms with Gasteiger partial charge in [0.05, 0.1) is 24.8 Å². The van der Waals surface area contributed by atoms with Crippen LogP contribution in [0.1, 0.15) is 36.2 Å². The molecule has 0 bridgehead atoms. The molecule has 1 aliphatic carbocycles. The van der Waals surface area contributed by atoms with Crippen molar-refractivity contribution < 1.29 is 9.53 Å². The number of aryl methyl sites for hydroxylation is 1. The van der Waals surface area contributed by atoms with Gasteiger partial charge in [0.1, 0.15) is 0 Å². The monoisotopic (exact) mass is 320 g/mol. The van der Waals surface area contributed by atoms with Gasteiger partial charge in [-0.05, 0) is 44.2 Å². The van der Waals surface area contributed by atoms with Gasteiger partial charge in [-0.2, -0.15) is 5.10 Å². The summed E-state index contributed by atoms with van der Waals surface area (Å²) in [4.78, 5) is 16.9. The lowest BCUT2D eigenvalue weighted by molar-refractivity contribution is -0.134. The minimum absolute atomic E-state index is 0.117. The molecule has 0 radical (unpaired) electrons. The first-order chi connectivity index (χ1) is 11.2. The van der Waals surface area contributed by atoms with Crippen LogP contribution in [0.15, 0.2) is 0 Å². The van der Waals surface area contributed by atoms with E-state index < -0.39 is 0 Å². The molecular weight excluding hydrogens is 292 g/mol. The van der Waals surface area contributed by atoms with Crippen molar-refractivity contribution in [2.75, 3.05) is 40.4 Å². The smallest absolute Gasteiger partial charge is 0.227 e. The third-order valence-corrected chi connectivity index (χ3v) is 5.14. The fraction of sp³-hybridized carbons (Fsp3) is 0.765. The Morgan fingerprint density at radius 3 is 3.09 bits per heavy atom. The van der Waals surface area contributed by atoms with Crippen LogP contribution < -0.4 is 0 Å². The average molecular weight is 320 g/mol. The summed E-state index contributed by atoms with van der Waals surface area (Å²) >= 11 is 0. The number of hydrogen-bond donors (Lipinski definition) is 1. The molecule has 1 fully saturated rings. The van der Waals surface area contributed by atoms with Crippen LogP contribution in [0.2, 0.25) is 0 Å². The standard InChI is InChI=1S/C17H28N4O2/c1-20(12-16-14-5-3-4-6-15(14)18-19-16)17(22)13-7-8-21(11-13)9-10-23-2/h13H,3-12H2,1-2H3,(H,18,19)/t13-/m0/s1. The average Bonchev–Trinajstić information content (AvgIpc) is 3.20. The van der Waals surface area contributed by atoms with E-state index >= 15 is 0 Å². The second-order valence-corrected chi connectivity index (χ2v) is 6.81. The number of aromatic amines is 1. The molecule has 2 heterocycles. The molecule has 23 heavy (non-hydrogen) atoms. The Kier molecular flexibility index (Phi) is 5.33. The normalized spacial score (nSPS) is 21.4. The van der Waals surface area contributed by atoms with Crippen molar-refractivity contribution >= 4 is 5.91 Å². The molecule has 0 spiro atoms. The van der Waals surface area contributed by atoms with E-state index in [2.05, 4.69) is 15.1 Å². The zero-order valence-electron chi connectivity index (χ0n) is 14.3. The van der Waals surface area contributed by atoms with E-state index in [4.69, 9.17) is 4.74 Å². The van der Waals surface area contributed by atoms with Crippen LogP contribution in [-0.4, -0.2) is 66.3 Å². The predicted octanol–water partition coefficient (Wildman–Crippen LogP) is 1.22. The van der Waals surface area contributed by atoms with Crippen LogP contribution in [0.3, 0.4) is 0 Å².